The van der Waals surface area contributed by atoms with E-state index in [1.54, 1.807) is 24.1 Å². The van der Waals surface area contributed by atoms with Crippen LogP contribution in [0.3, 0.4) is 0 Å². The second-order valence-electron chi connectivity index (χ2n) is 3.84. The summed E-state index contributed by atoms with van der Waals surface area (Å²) in [7, 11) is -4.51. The van der Waals surface area contributed by atoms with Crippen LogP contribution < -0.4 is 14.6 Å². The fourth-order valence-electron chi connectivity index (χ4n) is 1.58. The maximum absolute atomic E-state index is 10.7. The molecule has 0 aliphatic heterocycles. The van der Waals surface area contributed by atoms with Crippen molar-refractivity contribution in [2.24, 2.45) is 0 Å². The van der Waals surface area contributed by atoms with E-state index < -0.39 is 10.4 Å². The van der Waals surface area contributed by atoms with Gasteiger partial charge in [-0.2, -0.15) is 8.42 Å². The third kappa shape index (κ3) is 5.03. The van der Waals surface area contributed by atoms with Gasteiger partial charge in [0.2, 0.25) is 0 Å². The summed E-state index contributed by atoms with van der Waals surface area (Å²) in [5, 5.41) is 10.6. The Morgan fingerprint density at radius 2 is 2.11 bits per heavy atom. The predicted octanol–water partition coefficient (Wildman–Crippen LogP) is 0.500. The molecule has 0 saturated carbocycles. The van der Waals surface area contributed by atoms with E-state index in [1.165, 1.54) is 6.07 Å². The van der Waals surface area contributed by atoms with Crippen LogP contribution in [-0.4, -0.2) is 37.8 Å². The van der Waals surface area contributed by atoms with Gasteiger partial charge in [-0.05, 0) is 37.6 Å². The van der Waals surface area contributed by atoms with Gasteiger partial charge in [0.25, 0.3) is 0 Å². The van der Waals surface area contributed by atoms with Gasteiger partial charge in [-0.15, -0.1) is 0 Å². The zero-order valence-corrected chi connectivity index (χ0v) is 11.6. The standard InChI is InChI=1S/C11H18N2O5S/c1-3-13(12-6-7-14)10-4-5-11(9(2)8-10)18-19(15,16)17/h4-5,8,12,14H,3,6-7H2,1-2H3,(H,15,16,17). The highest BCUT2D eigenvalue weighted by Gasteiger charge is 2.11. The molecule has 0 aliphatic carbocycles. The van der Waals surface area contributed by atoms with Gasteiger partial charge in [0.1, 0.15) is 5.75 Å². The summed E-state index contributed by atoms with van der Waals surface area (Å²) in [6, 6.07) is 4.83. The van der Waals surface area contributed by atoms with E-state index >= 15 is 0 Å². The first kappa shape index (κ1) is 15.7. The molecule has 108 valence electrons. The maximum Gasteiger partial charge on any atom is 0.446 e. The van der Waals surface area contributed by atoms with E-state index in [4.69, 9.17) is 9.66 Å². The molecule has 0 atom stereocenters. The minimum Gasteiger partial charge on any atom is -0.395 e. The van der Waals surface area contributed by atoms with E-state index in [1.807, 2.05) is 6.92 Å². The van der Waals surface area contributed by atoms with Crippen LogP contribution in [0.1, 0.15) is 12.5 Å². The maximum atomic E-state index is 10.7. The minimum atomic E-state index is -4.51. The van der Waals surface area contributed by atoms with Crippen molar-refractivity contribution in [3.05, 3.63) is 23.8 Å². The van der Waals surface area contributed by atoms with Crippen molar-refractivity contribution in [2.45, 2.75) is 13.8 Å². The molecular weight excluding hydrogens is 272 g/mol. The fraction of sp³-hybridized carbons (Fsp3) is 0.455. The fourth-order valence-corrected chi connectivity index (χ4v) is 1.99. The number of hydrazine groups is 1. The van der Waals surface area contributed by atoms with Crippen molar-refractivity contribution in [3.63, 3.8) is 0 Å². The Hall–Kier alpha value is -1.35. The number of hydrogen-bond acceptors (Lipinski definition) is 6. The van der Waals surface area contributed by atoms with Gasteiger partial charge >= 0.3 is 10.4 Å². The molecule has 0 bridgehead atoms. The SMILES string of the molecule is CCN(NCCO)c1ccc(OS(=O)(=O)O)c(C)c1. The average Bonchev–Trinajstić information content (AvgIpc) is 2.32. The molecule has 7 nitrogen and oxygen atoms in total. The van der Waals surface area contributed by atoms with Crippen LogP contribution in [0.5, 0.6) is 5.75 Å². The Morgan fingerprint density at radius 1 is 1.42 bits per heavy atom. The quantitative estimate of drug-likeness (QED) is 0.496. The Morgan fingerprint density at radius 3 is 2.58 bits per heavy atom. The molecule has 1 aromatic carbocycles. The van der Waals surface area contributed by atoms with Gasteiger partial charge in [0.15, 0.2) is 0 Å². The molecule has 19 heavy (non-hydrogen) atoms. The van der Waals surface area contributed by atoms with Gasteiger partial charge in [-0.3, -0.25) is 4.55 Å². The van der Waals surface area contributed by atoms with Crippen molar-refractivity contribution < 1.29 is 22.3 Å². The summed E-state index contributed by atoms with van der Waals surface area (Å²) < 4.78 is 34.4. The van der Waals surface area contributed by atoms with Crippen LogP contribution >= 0.6 is 0 Å². The smallest absolute Gasteiger partial charge is 0.395 e. The molecular formula is C11H18N2O5S. The third-order valence-electron chi connectivity index (χ3n) is 2.40. The van der Waals surface area contributed by atoms with E-state index in [2.05, 4.69) is 9.61 Å². The summed E-state index contributed by atoms with van der Waals surface area (Å²) in [5.41, 5.74) is 4.38. The van der Waals surface area contributed by atoms with Crippen LogP contribution in [0, 0.1) is 6.92 Å². The number of benzene rings is 1. The molecule has 1 rings (SSSR count). The van der Waals surface area contributed by atoms with Crippen molar-refractivity contribution >= 4 is 16.1 Å². The highest BCUT2D eigenvalue weighted by Crippen LogP contribution is 2.24. The topological polar surface area (TPSA) is 99.1 Å². The monoisotopic (exact) mass is 290 g/mol. The molecule has 0 fully saturated rings. The molecule has 0 unspecified atom stereocenters. The van der Waals surface area contributed by atoms with Crippen LogP contribution in [0.25, 0.3) is 0 Å². The van der Waals surface area contributed by atoms with Crippen LogP contribution in [0.4, 0.5) is 5.69 Å². The van der Waals surface area contributed by atoms with Gasteiger partial charge in [0, 0.05) is 13.1 Å². The lowest BCUT2D eigenvalue weighted by atomic mass is 10.2. The highest BCUT2D eigenvalue weighted by atomic mass is 32.3. The predicted molar refractivity (Wildman–Crippen MR) is 71.5 cm³/mol. The normalized spacial score (nSPS) is 11.4. The lowest BCUT2D eigenvalue weighted by Crippen LogP contribution is -2.39. The van der Waals surface area contributed by atoms with Crippen molar-refractivity contribution in [1.29, 1.82) is 0 Å². The van der Waals surface area contributed by atoms with E-state index in [9.17, 15) is 8.42 Å². The zero-order valence-electron chi connectivity index (χ0n) is 10.8. The second kappa shape index (κ2) is 6.71. The van der Waals surface area contributed by atoms with Crippen molar-refractivity contribution in [3.8, 4) is 5.75 Å². The minimum absolute atomic E-state index is 0.0133. The number of aliphatic hydroxyl groups is 1. The number of nitrogens with zero attached hydrogens (tertiary/aromatic N) is 1. The number of aliphatic hydroxyl groups excluding tert-OH is 1. The largest absolute Gasteiger partial charge is 0.446 e. The third-order valence-corrected chi connectivity index (χ3v) is 2.79. The molecule has 8 heteroatoms. The number of aryl methyl sites for hydroxylation is 1. The van der Waals surface area contributed by atoms with Crippen LogP contribution in [0.15, 0.2) is 18.2 Å². The number of nitrogens with one attached hydrogen (secondary N) is 1. The summed E-state index contributed by atoms with van der Waals surface area (Å²) in [5.74, 6) is 0.0736. The second-order valence-corrected chi connectivity index (χ2v) is 4.86. The van der Waals surface area contributed by atoms with Crippen LogP contribution in [-0.2, 0) is 10.4 Å². The van der Waals surface area contributed by atoms with E-state index in [0.29, 0.717) is 18.7 Å². The van der Waals surface area contributed by atoms with Crippen molar-refractivity contribution in [1.82, 2.24) is 5.43 Å². The molecule has 0 radical (unpaired) electrons. The summed E-state index contributed by atoms with van der Waals surface area (Å²) >= 11 is 0. The summed E-state index contributed by atoms with van der Waals surface area (Å²) in [6.07, 6.45) is 0. The summed E-state index contributed by atoms with van der Waals surface area (Å²) in [4.78, 5) is 0. The molecule has 3 N–H and O–H groups in total. The van der Waals surface area contributed by atoms with Crippen molar-refractivity contribution in [2.75, 3.05) is 24.7 Å². The zero-order chi connectivity index (χ0) is 14.5. The Kier molecular flexibility index (Phi) is 5.55. The number of hydrogen-bond donors (Lipinski definition) is 3. The Labute approximate surface area is 112 Å². The van der Waals surface area contributed by atoms with Gasteiger partial charge in [-0.25, -0.2) is 5.43 Å². The molecule has 1 aromatic rings. The Balaban J connectivity index is 2.91. The molecule has 0 heterocycles. The van der Waals surface area contributed by atoms with E-state index in [0.717, 1.165) is 5.69 Å². The van der Waals surface area contributed by atoms with Gasteiger partial charge in [0.05, 0.1) is 12.3 Å². The van der Waals surface area contributed by atoms with Gasteiger partial charge < -0.3 is 14.3 Å². The van der Waals surface area contributed by atoms with Crippen LogP contribution in [0.2, 0.25) is 0 Å². The molecule has 0 saturated heterocycles. The highest BCUT2D eigenvalue weighted by molar-refractivity contribution is 7.81. The molecule has 0 spiro atoms. The lowest BCUT2D eigenvalue weighted by Gasteiger charge is -2.24. The first-order valence-corrected chi connectivity index (χ1v) is 7.13. The van der Waals surface area contributed by atoms with E-state index in [-0.39, 0.29) is 12.4 Å². The average molecular weight is 290 g/mol. The number of anilines is 1. The number of rotatable bonds is 7. The molecule has 0 aromatic heterocycles. The first-order valence-electron chi connectivity index (χ1n) is 5.77. The first-order chi connectivity index (χ1) is 8.87. The van der Waals surface area contributed by atoms with Gasteiger partial charge in [-0.1, -0.05) is 0 Å². The lowest BCUT2D eigenvalue weighted by molar-refractivity contribution is 0.290. The summed E-state index contributed by atoms with van der Waals surface area (Å²) in [6.45, 7) is 4.69. The Bertz CT molecular complexity index is 518. The molecule has 0 aliphatic rings. The molecule has 0 amide bonds.